The minimum atomic E-state index is -0.750. The van der Waals surface area contributed by atoms with Gasteiger partial charge in [0, 0.05) is 35.8 Å². The number of aromatic nitrogens is 3. The molecule has 7 nitrogen and oxygen atoms in total. The van der Waals surface area contributed by atoms with Crippen molar-refractivity contribution in [1.82, 2.24) is 20.3 Å². The third kappa shape index (κ3) is 4.79. The molecule has 1 amide bonds. The molecule has 3 N–H and O–H groups in total. The van der Waals surface area contributed by atoms with E-state index in [2.05, 4.69) is 30.9 Å². The van der Waals surface area contributed by atoms with Crippen LogP contribution in [0.25, 0.3) is 11.1 Å². The predicted octanol–water partition coefficient (Wildman–Crippen LogP) is 5.29. The molecule has 35 heavy (non-hydrogen) atoms. The number of nitrogens with zero attached hydrogens (tertiary/aromatic N) is 3. The number of halogens is 2. The molecule has 4 heterocycles. The summed E-state index contributed by atoms with van der Waals surface area (Å²) in [5.41, 5.74) is 3.62. The highest BCUT2D eigenvalue weighted by atomic mass is 19.1. The Hall–Kier alpha value is -4.40. The molecular weight excluding hydrogens is 450 g/mol. The van der Waals surface area contributed by atoms with Crippen molar-refractivity contribution < 1.29 is 13.6 Å². The Morgan fingerprint density at radius 3 is 2.63 bits per heavy atom. The molecule has 0 spiro atoms. The molecule has 4 aromatic rings. The van der Waals surface area contributed by atoms with Crippen LogP contribution in [-0.4, -0.2) is 27.4 Å². The maximum Gasteiger partial charge on any atom is 0.254 e. The summed E-state index contributed by atoms with van der Waals surface area (Å²) < 4.78 is 29.3. The molecule has 6 rings (SSSR count). The highest BCUT2D eigenvalue weighted by molar-refractivity contribution is 5.95. The van der Waals surface area contributed by atoms with Crippen molar-refractivity contribution in [2.24, 2.45) is 0 Å². The lowest BCUT2D eigenvalue weighted by molar-refractivity contribution is 0.0949. The van der Waals surface area contributed by atoms with E-state index < -0.39 is 17.7 Å². The van der Waals surface area contributed by atoms with Gasteiger partial charge in [-0.2, -0.15) is 9.37 Å². The van der Waals surface area contributed by atoms with E-state index in [0.29, 0.717) is 36.3 Å². The van der Waals surface area contributed by atoms with E-state index >= 15 is 0 Å². The Morgan fingerprint density at radius 1 is 0.914 bits per heavy atom. The van der Waals surface area contributed by atoms with Crippen LogP contribution in [0.15, 0.2) is 60.9 Å². The van der Waals surface area contributed by atoms with E-state index in [1.165, 1.54) is 24.4 Å². The molecule has 176 valence electrons. The van der Waals surface area contributed by atoms with Crippen molar-refractivity contribution >= 4 is 29.0 Å². The van der Waals surface area contributed by atoms with Crippen molar-refractivity contribution in [3.05, 3.63) is 89.4 Å². The van der Waals surface area contributed by atoms with Crippen LogP contribution in [0.1, 0.15) is 27.9 Å². The topological polar surface area (TPSA) is 91.8 Å². The molecule has 2 aromatic carbocycles. The fourth-order valence-electron chi connectivity index (χ4n) is 3.89. The Morgan fingerprint density at radius 2 is 1.77 bits per heavy atom. The summed E-state index contributed by atoms with van der Waals surface area (Å²) in [4.78, 5) is 25.1. The molecule has 6 bridgehead atoms. The first-order chi connectivity index (χ1) is 17.0. The second-order valence-corrected chi connectivity index (χ2v) is 8.25. The minimum absolute atomic E-state index is 0.0397. The molecule has 0 radical (unpaired) electrons. The smallest absolute Gasteiger partial charge is 0.254 e. The number of carbonyl (C=O) groups excluding carboxylic acids is 1. The van der Waals surface area contributed by atoms with Crippen LogP contribution in [0.2, 0.25) is 0 Å². The maximum absolute atomic E-state index is 14.8. The maximum atomic E-state index is 14.8. The first-order valence-corrected chi connectivity index (χ1v) is 11.2. The van der Waals surface area contributed by atoms with Gasteiger partial charge in [0.2, 0.25) is 11.9 Å². The third-order valence-corrected chi connectivity index (χ3v) is 5.78. The fourth-order valence-corrected chi connectivity index (χ4v) is 3.89. The summed E-state index contributed by atoms with van der Waals surface area (Å²) in [5, 5.41) is 8.99. The molecular formula is C26H22F2N6O. The number of fused-ring (bicyclic) bond motifs is 6. The first-order valence-electron chi connectivity index (χ1n) is 11.2. The summed E-state index contributed by atoms with van der Waals surface area (Å²) >= 11 is 0. The Balaban J connectivity index is 1.59. The summed E-state index contributed by atoms with van der Waals surface area (Å²) in [6.45, 7) is 2.26. The number of amides is 1. The van der Waals surface area contributed by atoms with Gasteiger partial charge in [0.1, 0.15) is 11.6 Å². The van der Waals surface area contributed by atoms with E-state index in [9.17, 15) is 13.6 Å². The molecule has 0 unspecified atom stereocenters. The quantitative estimate of drug-likeness (QED) is 0.301. The second kappa shape index (κ2) is 9.46. The number of rotatable bonds is 0. The molecule has 0 atom stereocenters. The number of aryl methyl sites for hydroxylation is 2. The Labute approximate surface area is 200 Å². The zero-order valence-electron chi connectivity index (χ0n) is 18.9. The van der Waals surface area contributed by atoms with Crippen LogP contribution in [0.5, 0.6) is 0 Å². The van der Waals surface area contributed by atoms with Crippen LogP contribution in [0.3, 0.4) is 0 Å². The molecule has 0 fully saturated rings. The second-order valence-electron chi connectivity index (χ2n) is 8.25. The van der Waals surface area contributed by atoms with Gasteiger partial charge in [-0.15, -0.1) is 0 Å². The van der Waals surface area contributed by atoms with E-state index in [-0.39, 0.29) is 17.2 Å². The highest BCUT2D eigenvalue weighted by Gasteiger charge is 2.15. The van der Waals surface area contributed by atoms with Crippen LogP contribution in [0, 0.1) is 18.7 Å². The van der Waals surface area contributed by atoms with Crippen molar-refractivity contribution in [3.8, 4) is 11.1 Å². The number of carbonyl (C=O) groups is 1. The summed E-state index contributed by atoms with van der Waals surface area (Å²) in [6, 6.07) is 13.5. The Bertz CT molecular complexity index is 1430. The monoisotopic (exact) mass is 472 g/mol. The zero-order chi connectivity index (χ0) is 24.4. The largest absolute Gasteiger partial charge is 0.352 e. The molecule has 0 aliphatic carbocycles. The highest BCUT2D eigenvalue weighted by Crippen LogP contribution is 2.28. The number of para-hydroxylation sites is 1. The lowest BCUT2D eigenvalue weighted by atomic mass is 10.0. The van der Waals surface area contributed by atoms with E-state index in [0.717, 1.165) is 16.8 Å². The van der Waals surface area contributed by atoms with Crippen LogP contribution in [0.4, 0.5) is 31.9 Å². The normalized spacial score (nSPS) is 13.4. The number of nitrogens with one attached hydrogen (secondary N) is 3. The van der Waals surface area contributed by atoms with Gasteiger partial charge in [-0.25, -0.2) is 14.4 Å². The third-order valence-electron chi connectivity index (χ3n) is 5.78. The van der Waals surface area contributed by atoms with Gasteiger partial charge in [-0.05, 0) is 55.2 Å². The van der Waals surface area contributed by atoms with Crippen LogP contribution in [-0.2, 0) is 6.42 Å². The molecule has 2 aliphatic heterocycles. The molecule has 2 aromatic heterocycles. The number of anilines is 4. The van der Waals surface area contributed by atoms with E-state index in [1.54, 1.807) is 12.3 Å². The van der Waals surface area contributed by atoms with Gasteiger partial charge in [0.15, 0.2) is 0 Å². The van der Waals surface area contributed by atoms with Crippen molar-refractivity contribution in [2.45, 2.75) is 19.8 Å². The predicted molar refractivity (Wildman–Crippen MR) is 130 cm³/mol. The van der Waals surface area contributed by atoms with Crippen LogP contribution < -0.4 is 16.0 Å². The number of hydrogen-bond donors (Lipinski definition) is 3. The van der Waals surface area contributed by atoms with Crippen LogP contribution >= 0.6 is 0 Å². The van der Waals surface area contributed by atoms with Gasteiger partial charge in [0.25, 0.3) is 5.91 Å². The average Bonchev–Trinajstić information content (AvgIpc) is 2.85. The standard InChI is InChI=1S/C26H22F2N6O/c1-15-13-31-26-33-22-12-18(14-30-23(22)28)17-8-9-19(20(27)11-17)25(35)29-10-4-6-16-5-2-3-7-21(16)32-24(15)34-26/h2-3,5,7-9,11-14H,4,6,10H2,1H3,(H,29,35)(H2,31,32,33,34). The summed E-state index contributed by atoms with van der Waals surface area (Å²) in [5.74, 6) is -1.15. The van der Waals surface area contributed by atoms with E-state index in [1.807, 2.05) is 31.2 Å². The zero-order valence-corrected chi connectivity index (χ0v) is 18.9. The molecule has 2 aliphatic rings. The van der Waals surface area contributed by atoms with Gasteiger partial charge in [-0.1, -0.05) is 24.3 Å². The van der Waals surface area contributed by atoms with Gasteiger partial charge in [-0.3, -0.25) is 4.79 Å². The van der Waals surface area contributed by atoms with Crippen molar-refractivity contribution in [3.63, 3.8) is 0 Å². The molecule has 9 heteroatoms. The van der Waals surface area contributed by atoms with Crippen molar-refractivity contribution in [2.75, 3.05) is 17.2 Å². The Kier molecular flexibility index (Phi) is 6.05. The van der Waals surface area contributed by atoms with Gasteiger partial charge < -0.3 is 16.0 Å². The SMILES string of the molecule is Cc1cnc2nc1Nc1ccccc1CCCNC(=O)c1ccc(cc1F)-c1cnc(F)c(c1)N2. The summed E-state index contributed by atoms with van der Waals surface area (Å²) in [6.07, 6.45) is 4.29. The van der Waals surface area contributed by atoms with Gasteiger partial charge >= 0.3 is 0 Å². The fraction of sp³-hybridized carbons (Fsp3) is 0.154. The lowest BCUT2D eigenvalue weighted by Crippen LogP contribution is -2.25. The summed E-state index contributed by atoms with van der Waals surface area (Å²) in [7, 11) is 0. The molecule has 0 saturated heterocycles. The first kappa shape index (κ1) is 22.4. The molecule has 0 saturated carbocycles. The number of benzene rings is 2. The van der Waals surface area contributed by atoms with Crippen molar-refractivity contribution in [1.29, 1.82) is 0 Å². The van der Waals surface area contributed by atoms with E-state index in [4.69, 9.17) is 0 Å². The number of hydrogen-bond acceptors (Lipinski definition) is 6. The average molecular weight is 472 g/mol. The minimum Gasteiger partial charge on any atom is -0.352 e. The van der Waals surface area contributed by atoms with Gasteiger partial charge in [0.05, 0.1) is 11.3 Å². The number of pyridine rings is 1. The lowest BCUT2D eigenvalue weighted by Gasteiger charge is -2.14.